The first-order chi connectivity index (χ1) is 10.2. The van der Waals surface area contributed by atoms with E-state index in [1.807, 2.05) is 0 Å². The topological polar surface area (TPSA) is 24.5 Å². The Morgan fingerprint density at radius 2 is 2.05 bits per heavy atom. The van der Waals surface area contributed by atoms with Crippen LogP contribution in [0.15, 0.2) is 30.3 Å². The number of rotatable bonds is 7. The molecule has 118 valence electrons. The van der Waals surface area contributed by atoms with Crippen molar-refractivity contribution in [3.05, 3.63) is 35.9 Å². The van der Waals surface area contributed by atoms with E-state index >= 15 is 0 Å². The van der Waals surface area contributed by atoms with Gasteiger partial charge in [0.1, 0.15) is 0 Å². The summed E-state index contributed by atoms with van der Waals surface area (Å²) in [5, 5.41) is 3.73. The highest BCUT2D eigenvalue weighted by Crippen LogP contribution is 2.23. The lowest BCUT2D eigenvalue weighted by Crippen LogP contribution is -2.55. The molecule has 2 unspecified atom stereocenters. The molecule has 1 heterocycles. The maximum absolute atomic E-state index is 5.49. The highest BCUT2D eigenvalue weighted by molar-refractivity contribution is 5.20. The van der Waals surface area contributed by atoms with E-state index < -0.39 is 0 Å². The van der Waals surface area contributed by atoms with Gasteiger partial charge in [0.15, 0.2) is 0 Å². The Balaban J connectivity index is 1.95. The number of nitrogens with one attached hydrogen (secondary N) is 1. The summed E-state index contributed by atoms with van der Waals surface area (Å²) in [6, 6.07) is 11.9. The van der Waals surface area contributed by atoms with Crippen molar-refractivity contribution in [2.24, 2.45) is 5.92 Å². The molecule has 1 aromatic rings. The first-order valence-electron chi connectivity index (χ1n) is 8.32. The van der Waals surface area contributed by atoms with Crippen molar-refractivity contribution in [1.82, 2.24) is 10.2 Å². The molecule has 0 spiro atoms. The maximum atomic E-state index is 5.49. The fourth-order valence-electron chi connectivity index (χ4n) is 3.16. The minimum Gasteiger partial charge on any atom is -0.382 e. The molecule has 1 fully saturated rings. The van der Waals surface area contributed by atoms with Gasteiger partial charge in [0.05, 0.1) is 0 Å². The average molecular weight is 290 g/mol. The van der Waals surface area contributed by atoms with Crippen molar-refractivity contribution in [1.29, 1.82) is 0 Å². The van der Waals surface area contributed by atoms with Gasteiger partial charge in [0.2, 0.25) is 0 Å². The number of hydrogen-bond acceptors (Lipinski definition) is 3. The molecule has 1 saturated heterocycles. The van der Waals surface area contributed by atoms with E-state index in [1.165, 1.54) is 5.56 Å². The minimum atomic E-state index is 0.452. The monoisotopic (exact) mass is 290 g/mol. The second-order valence-corrected chi connectivity index (χ2v) is 6.23. The quantitative estimate of drug-likeness (QED) is 0.781. The molecule has 0 saturated carbocycles. The zero-order chi connectivity index (χ0) is 15.1. The normalized spacial score (nSPS) is 23.6. The lowest BCUT2D eigenvalue weighted by Gasteiger charge is -2.42. The molecule has 1 aromatic carbocycles. The second kappa shape index (κ2) is 8.52. The molecule has 1 N–H and O–H groups in total. The summed E-state index contributed by atoms with van der Waals surface area (Å²) in [5.74, 6) is 0.682. The van der Waals surface area contributed by atoms with Gasteiger partial charge in [-0.3, -0.25) is 4.90 Å². The summed E-state index contributed by atoms with van der Waals surface area (Å²) >= 11 is 0. The van der Waals surface area contributed by atoms with Crippen LogP contribution in [0.4, 0.5) is 0 Å². The predicted octanol–water partition coefficient (Wildman–Crippen LogP) is 3.08. The van der Waals surface area contributed by atoms with Crippen molar-refractivity contribution in [2.45, 2.75) is 39.3 Å². The van der Waals surface area contributed by atoms with E-state index in [0.717, 1.165) is 39.3 Å². The standard InChI is InChI=1S/C18H30N2O/c1-4-21-12-8-11-20-14-17(16-9-6-5-7-10-16)19-13-18(20)15(2)3/h5-7,9-10,15,17-19H,4,8,11-14H2,1-3H3. The zero-order valence-corrected chi connectivity index (χ0v) is 13.7. The van der Waals surface area contributed by atoms with E-state index in [1.54, 1.807) is 0 Å². The number of ether oxygens (including phenoxy) is 1. The van der Waals surface area contributed by atoms with E-state index in [-0.39, 0.29) is 0 Å². The highest BCUT2D eigenvalue weighted by Gasteiger charge is 2.29. The zero-order valence-electron chi connectivity index (χ0n) is 13.7. The lowest BCUT2D eigenvalue weighted by molar-refractivity contribution is 0.0778. The third-order valence-electron chi connectivity index (χ3n) is 4.37. The van der Waals surface area contributed by atoms with Gasteiger partial charge >= 0.3 is 0 Å². The summed E-state index contributed by atoms with van der Waals surface area (Å²) in [6.45, 7) is 11.7. The Morgan fingerprint density at radius 3 is 2.71 bits per heavy atom. The molecule has 3 heteroatoms. The molecule has 2 rings (SSSR count). The first kappa shape index (κ1) is 16.5. The second-order valence-electron chi connectivity index (χ2n) is 6.23. The van der Waals surface area contributed by atoms with Crippen LogP contribution in [0.3, 0.4) is 0 Å². The Morgan fingerprint density at radius 1 is 1.29 bits per heavy atom. The van der Waals surface area contributed by atoms with Crippen LogP contribution in [0.5, 0.6) is 0 Å². The van der Waals surface area contributed by atoms with Crippen LogP contribution in [-0.4, -0.2) is 43.8 Å². The number of hydrogen-bond donors (Lipinski definition) is 1. The molecule has 21 heavy (non-hydrogen) atoms. The number of nitrogens with zero attached hydrogens (tertiary/aromatic N) is 1. The third kappa shape index (κ3) is 4.80. The van der Waals surface area contributed by atoms with Gasteiger partial charge in [-0.1, -0.05) is 44.2 Å². The molecule has 0 bridgehead atoms. The molecule has 2 atom stereocenters. The average Bonchev–Trinajstić information content (AvgIpc) is 2.52. The molecule has 3 nitrogen and oxygen atoms in total. The smallest absolute Gasteiger partial charge is 0.0478 e. The number of piperazine rings is 1. The number of benzene rings is 1. The first-order valence-corrected chi connectivity index (χ1v) is 8.32. The minimum absolute atomic E-state index is 0.452. The molecular formula is C18H30N2O. The van der Waals surface area contributed by atoms with Crippen molar-refractivity contribution in [3.8, 4) is 0 Å². The van der Waals surface area contributed by atoms with Crippen LogP contribution >= 0.6 is 0 Å². The van der Waals surface area contributed by atoms with Gasteiger partial charge in [-0.25, -0.2) is 0 Å². The largest absolute Gasteiger partial charge is 0.382 e. The molecule has 1 aliphatic heterocycles. The Hall–Kier alpha value is -0.900. The van der Waals surface area contributed by atoms with E-state index in [2.05, 4.69) is 61.3 Å². The third-order valence-corrected chi connectivity index (χ3v) is 4.37. The lowest BCUT2D eigenvalue weighted by atomic mass is 9.95. The van der Waals surface area contributed by atoms with Gasteiger partial charge in [-0.15, -0.1) is 0 Å². The van der Waals surface area contributed by atoms with Crippen LogP contribution in [0.25, 0.3) is 0 Å². The Bertz CT molecular complexity index is 393. The van der Waals surface area contributed by atoms with Gasteiger partial charge in [0, 0.05) is 44.9 Å². The summed E-state index contributed by atoms with van der Waals surface area (Å²) in [5.41, 5.74) is 1.40. The van der Waals surface area contributed by atoms with E-state index in [4.69, 9.17) is 4.74 Å². The fraction of sp³-hybridized carbons (Fsp3) is 0.667. The summed E-state index contributed by atoms with van der Waals surface area (Å²) in [6.07, 6.45) is 1.12. The van der Waals surface area contributed by atoms with E-state index in [0.29, 0.717) is 18.0 Å². The van der Waals surface area contributed by atoms with Crippen LogP contribution in [0.2, 0.25) is 0 Å². The van der Waals surface area contributed by atoms with Crippen molar-refractivity contribution < 1.29 is 4.74 Å². The maximum Gasteiger partial charge on any atom is 0.0478 e. The highest BCUT2D eigenvalue weighted by atomic mass is 16.5. The SMILES string of the molecule is CCOCCCN1CC(c2ccccc2)NCC1C(C)C. The molecule has 0 aromatic heterocycles. The van der Waals surface area contributed by atoms with Crippen LogP contribution in [0.1, 0.15) is 38.8 Å². The van der Waals surface area contributed by atoms with Gasteiger partial charge in [-0.05, 0) is 24.8 Å². The Labute approximate surface area is 129 Å². The summed E-state index contributed by atoms with van der Waals surface area (Å²) in [7, 11) is 0. The van der Waals surface area contributed by atoms with Crippen LogP contribution in [0, 0.1) is 5.92 Å². The predicted molar refractivity (Wildman–Crippen MR) is 88.5 cm³/mol. The van der Waals surface area contributed by atoms with Crippen LogP contribution in [-0.2, 0) is 4.74 Å². The van der Waals surface area contributed by atoms with Gasteiger partial charge in [0.25, 0.3) is 0 Å². The molecule has 0 amide bonds. The van der Waals surface area contributed by atoms with Crippen molar-refractivity contribution >= 4 is 0 Å². The summed E-state index contributed by atoms with van der Waals surface area (Å²) in [4.78, 5) is 2.65. The Kier molecular flexibility index (Phi) is 6.68. The molecule has 0 radical (unpaired) electrons. The molecular weight excluding hydrogens is 260 g/mol. The fourth-order valence-corrected chi connectivity index (χ4v) is 3.16. The van der Waals surface area contributed by atoms with Crippen molar-refractivity contribution in [3.63, 3.8) is 0 Å². The van der Waals surface area contributed by atoms with E-state index in [9.17, 15) is 0 Å². The van der Waals surface area contributed by atoms with Crippen molar-refractivity contribution in [2.75, 3.05) is 32.8 Å². The van der Waals surface area contributed by atoms with Gasteiger partial charge < -0.3 is 10.1 Å². The molecule has 1 aliphatic rings. The molecule has 0 aliphatic carbocycles. The van der Waals surface area contributed by atoms with Gasteiger partial charge in [-0.2, -0.15) is 0 Å². The summed E-state index contributed by atoms with van der Waals surface area (Å²) < 4.78 is 5.49. The van der Waals surface area contributed by atoms with Crippen LogP contribution < -0.4 is 5.32 Å².